The van der Waals surface area contributed by atoms with Crippen LogP contribution < -0.4 is 4.90 Å². The average Bonchev–Trinajstić information content (AvgIpc) is 3.36. The third kappa shape index (κ3) is 3.87. The SMILES string of the molecule is O=C1c2ccccc2C(=O)N1CCc1cc(Cl)ccc1N(C(=O)S)C(=O)c1ccco1. The number of carbonyl (C=O) groups excluding carboxylic acids is 4. The molecule has 3 aromatic rings. The van der Waals surface area contributed by atoms with Crippen molar-refractivity contribution < 1.29 is 23.6 Å². The zero-order valence-electron chi connectivity index (χ0n) is 15.9. The van der Waals surface area contributed by atoms with Crippen LogP contribution >= 0.6 is 24.2 Å². The van der Waals surface area contributed by atoms with Gasteiger partial charge < -0.3 is 4.42 Å². The highest BCUT2D eigenvalue weighted by Gasteiger charge is 2.35. The monoisotopic (exact) mass is 454 g/mol. The van der Waals surface area contributed by atoms with Gasteiger partial charge in [-0.05, 0) is 54.4 Å². The van der Waals surface area contributed by atoms with E-state index in [1.165, 1.54) is 30.5 Å². The molecule has 2 aromatic carbocycles. The molecule has 0 unspecified atom stereocenters. The Bertz CT molecular complexity index is 1170. The summed E-state index contributed by atoms with van der Waals surface area (Å²) in [6.45, 7) is 0.0449. The van der Waals surface area contributed by atoms with Crippen LogP contribution in [0, 0.1) is 0 Å². The number of rotatable bonds is 5. The van der Waals surface area contributed by atoms with Gasteiger partial charge in [-0.15, -0.1) is 0 Å². The zero-order valence-corrected chi connectivity index (χ0v) is 17.6. The summed E-state index contributed by atoms with van der Waals surface area (Å²) in [5.41, 5.74) is 1.42. The third-order valence-corrected chi connectivity index (χ3v) is 5.33. The molecule has 4 rings (SSSR count). The van der Waals surface area contributed by atoms with Gasteiger partial charge in [0.05, 0.1) is 23.1 Å². The summed E-state index contributed by atoms with van der Waals surface area (Å²) in [6, 6.07) is 14.2. The van der Waals surface area contributed by atoms with Crippen LogP contribution in [-0.2, 0) is 6.42 Å². The number of amides is 4. The summed E-state index contributed by atoms with van der Waals surface area (Å²) in [7, 11) is 0. The molecule has 0 N–H and O–H groups in total. The van der Waals surface area contributed by atoms with Crippen LogP contribution in [0.5, 0.6) is 0 Å². The Hall–Kier alpha value is -3.36. The Labute approximate surface area is 187 Å². The van der Waals surface area contributed by atoms with Gasteiger partial charge in [0.2, 0.25) is 0 Å². The normalized spacial score (nSPS) is 12.8. The first kappa shape index (κ1) is 20.9. The van der Waals surface area contributed by atoms with Crippen molar-refractivity contribution >= 4 is 52.9 Å². The molecule has 4 amide bonds. The van der Waals surface area contributed by atoms with E-state index in [2.05, 4.69) is 12.6 Å². The van der Waals surface area contributed by atoms with Gasteiger partial charge in [0.25, 0.3) is 17.1 Å². The van der Waals surface area contributed by atoms with E-state index in [1.807, 2.05) is 0 Å². The van der Waals surface area contributed by atoms with E-state index in [1.54, 1.807) is 30.3 Å². The first-order valence-corrected chi connectivity index (χ1v) is 10.1. The number of imide groups is 2. The highest BCUT2D eigenvalue weighted by atomic mass is 35.5. The van der Waals surface area contributed by atoms with Gasteiger partial charge in [-0.2, -0.15) is 0 Å². The van der Waals surface area contributed by atoms with Gasteiger partial charge in [0.15, 0.2) is 5.76 Å². The lowest BCUT2D eigenvalue weighted by Gasteiger charge is -2.22. The predicted molar refractivity (Wildman–Crippen MR) is 117 cm³/mol. The summed E-state index contributed by atoms with van der Waals surface area (Å²) >= 11 is 9.97. The van der Waals surface area contributed by atoms with Gasteiger partial charge in [0, 0.05) is 11.6 Å². The van der Waals surface area contributed by atoms with Crippen LogP contribution in [0.4, 0.5) is 10.5 Å². The van der Waals surface area contributed by atoms with Crippen molar-refractivity contribution in [2.24, 2.45) is 0 Å². The van der Waals surface area contributed by atoms with Crippen molar-refractivity contribution in [2.75, 3.05) is 11.4 Å². The highest BCUT2D eigenvalue weighted by molar-refractivity contribution is 7.97. The molecule has 0 saturated heterocycles. The third-order valence-electron chi connectivity index (χ3n) is 4.89. The molecule has 0 atom stereocenters. The molecule has 0 aliphatic carbocycles. The number of carbonyl (C=O) groups is 4. The van der Waals surface area contributed by atoms with Crippen molar-refractivity contribution in [3.05, 3.63) is 88.3 Å². The molecule has 1 aromatic heterocycles. The molecule has 7 nitrogen and oxygen atoms in total. The van der Waals surface area contributed by atoms with Gasteiger partial charge >= 0.3 is 5.91 Å². The molecule has 2 heterocycles. The van der Waals surface area contributed by atoms with E-state index in [4.69, 9.17) is 16.0 Å². The predicted octanol–water partition coefficient (Wildman–Crippen LogP) is 4.47. The number of hydrogen-bond donors (Lipinski definition) is 1. The molecule has 1 aliphatic rings. The molecular formula is C22H15ClN2O5S. The highest BCUT2D eigenvalue weighted by Crippen LogP contribution is 2.29. The Balaban J connectivity index is 1.63. The van der Waals surface area contributed by atoms with Crippen molar-refractivity contribution in [3.63, 3.8) is 0 Å². The van der Waals surface area contributed by atoms with Crippen molar-refractivity contribution in [1.82, 2.24) is 4.90 Å². The van der Waals surface area contributed by atoms with Crippen LogP contribution in [0.15, 0.2) is 65.3 Å². The van der Waals surface area contributed by atoms with E-state index in [0.29, 0.717) is 21.7 Å². The smallest absolute Gasteiger partial charge is 0.301 e. The fourth-order valence-electron chi connectivity index (χ4n) is 3.46. The topological polar surface area (TPSA) is 87.9 Å². The maximum atomic E-state index is 12.8. The zero-order chi connectivity index (χ0) is 22.1. The number of halogens is 1. The van der Waals surface area contributed by atoms with Crippen LogP contribution in [0.1, 0.15) is 36.8 Å². The quantitative estimate of drug-likeness (QED) is 0.454. The molecule has 1 aliphatic heterocycles. The Morgan fingerprint density at radius 2 is 1.68 bits per heavy atom. The first-order valence-electron chi connectivity index (χ1n) is 9.23. The van der Waals surface area contributed by atoms with E-state index >= 15 is 0 Å². The van der Waals surface area contributed by atoms with Crippen LogP contribution in [0.3, 0.4) is 0 Å². The summed E-state index contributed by atoms with van der Waals surface area (Å²) in [6.07, 6.45) is 1.49. The van der Waals surface area contributed by atoms with E-state index in [0.717, 1.165) is 9.80 Å². The minimum absolute atomic E-state index is 0.0383. The minimum Gasteiger partial charge on any atom is -0.459 e. The van der Waals surface area contributed by atoms with Crippen molar-refractivity contribution in [1.29, 1.82) is 0 Å². The molecule has 0 radical (unpaired) electrons. The second-order valence-electron chi connectivity index (χ2n) is 6.73. The second kappa shape index (κ2) is 8.41. The van der Waals surface area contributed by atoms with Gasteiger partial charge in [0.1, 0.15) is 0 Å². The number of thiol groups is 1. The molecule has 0 spiro atoms. The lowest BCUT2D eigenvalue weighted by molar-refractivity contribution is 0.0655. The summed E-state index contributed by atoms with van der Waals surface area (Å²) in [5.74, 6) is -1.52. The summed E-state index contributed by atoms with van der Waals surface area (Å²) < 4.78 is 5.12. The van der Waals surface area contributed by atoms with Gasteiger partial charge in [-0.1, -0.05) is 36.4 Å². The maximum absolute atomic E-state index is 12.8. The molecular weight excluding hydrogens is 440 g/mol. The molecule has 31 heavy (non-hydrogen) atoms. The van der Waals surface area contributed by atoms with E-state index < -0.39 is 23.0 Å². The fraction of sp³-hybridized carbons (Fsp3) is 0.0909. The Kier molecular flexibility index (Phi) is 5.67. The number of hydrogen-bond acceptors (Lipinski definition) is 5. The first-order chi connectivity index (χ1) is 14.9. The van der Waals surface area contributed by atoms with Crippen LogP contribution in [0.2, 0.25) is 5.02 Å². The maximum Gasteiger partial charge on any atom is 0.301 e. The molecule has 0 saturated carbocycles. The van der Waals surface area contributed by atoms with Gasteiger partial charge in [-0.3, -0.25) is 24.1 Å². The van der Waals surface area contributed by atoms with Crippen LogP contribution in [0.25, 0.3) is 0 Å². The summed E-state index contributed by atoms with van der Waals surface area (Å²) in [5, 5.41) is -0.441. The van der Waals surface area contributed by atoms with E-state index in [9.17, 15) is 19.2 Å². The lowest BCUT2D eigenvalue weighted by atomic mass is 10.1. The lowest BCUT2D eigenvalue weighted by Crippen LogP contribution is -2.35. The number of benzene rings is 2. The minimum atomic E-state index is -0.814. The largest absolute Gasteiger partial charge is 0.459 e. The molecule has 156 valence electrons. The van der Waals surface area contributed by atoms with Gasteiger partial charge in [-0.25, -0.2) is 4.90 Å². The van der Waals surface area contributed by atoms with Crippen molar-refractivity contribution in [2.45, 2.75) is 6.42 Å². The Morgan fingerprint density at radius 1 is 1.00 bits per heavy atom. The van der Waals surface area contributed by atoms with E-state index in [-0.39, 0.29) is 24.4 Å². The second-order valence-corrected chi connectivity index (χ2v) is 7.55. The molecule has 0 bridgehead atoms. The number of nitrogens with zero attached hydrogens (tertiary/aromatic N) is 2. The number of anilines is 1. The van der Waals surface area contributed by atoms with Crippen LogP contribution in [-0.4, -0.2) is 34.4 Å². The number of fused-ring (bicyclic) bond motifs is 1. The number of furan rings is 1. The molecule has 9 heteroatoms. The fourth-order valence-corrected chi connectivity index (χ4v) is 3.85. The standard InChI is InChI=1S/C22H15ClN2O5S/c23-14-7-8-17(25(22(29)31)21(28)18-6-3-11-30-18)13(12-14)9-10-24-19(26)15-4-1-2-5-16(15)20(24)27/h1-8,11-12H,9-10H2,(H,29,31). The van der Waals surface area contributed by atoms with Crippen molar-refractivity contribution in [3.8, 4) is 0 Å². The Morgan fingerprint density at radius 3 is 2.26 bits per heavy atom. The average molecular weight is 455 g/mol. The summed E-state index contributed by atoms with van der Waals surface area (Å²) in [4.78, 5) is 52.3. The molecule has 0 fully saturated rings.